The summed E-state index contributed by atoms with van der Waals surface area (Å²) in [5, 5.41) is 10.9. The van der Waals surface area contributed by atoms with Gasteiger partial charge < -0.3 is 14.6 Å². The van der Waals surface area contributed by atoms with E-state index < -0.39 is 28.5 Å². The Morgan fingerprint density at radius 1 is 1.35 bits per heavy atom. The molecule has 0 aliphatic carbocycles. The zero-order valence-corrected chi connectivity index (χ0v) is 12.8. The lowest BCUT2D eigenvalue weighted by Gasteiger charge is -2.06. The number of nitrogens with zero attached hydrogens (tertiary/aromatic N) is 1. The Balaban J connectivity index is 1.94. The molecule has 0 aliphatic rings. The second kappa shape index (κ2) is 6.58. The van der Waals surface area contributed by atoms with Crippen LogP contribution in [0.5, 0.6) is 0 Å². The molecule has 1 aromatic carbocycles. The van der Waals surface area contributed by atoms with Crippen LogP contribution >= 0.6 is 0 Å². The van der Waals surface area contributed by atoms with Crippen molar-refractivity contribution in [3.05, 3.63) is 41.8 Å². The summed E-state index contributed by atoms with van der Waals surface area (Å²) in [6.07, 6.45) is 0. The van der Waals surface area contributed by atoms with Crippen molar-refractivity contribution in [3.8, 4) is 0 Å². The van der Waals surface area contributed by atoms with Gasteiger partial charge in [0.1, 0.15) is 0 Å². The van der Waals surface area contributed by atoms with Crippen molar-refractivity contribution in [1.82, 2.24) is 5.16 Å². The zero-order valence-electron chi connectivity index (χ0n) is 12.0. The molecule has 0 radical (unpaired) electrons. The minimum absolute atomic E-state index is 0.119. The summed E-state index contributed by atoms with van der Waals surface area (Å²) in [4.78, 5) is 23.1. The summed E-state index contributed by atoms with van der Waals surface area (Å²) in [5.74, 6) is -1.60. The number of esters is 1. The minimum Gasteiger partial charge on any atom is -0.450 e. The zero-order chi connectivity index (χ0) is 17.0. The average molecular weight is 339 g/mol. The normalized spacial score (nSPS) is 11.0. The number of aromatic nitrogens is 1. The highest BCUT2D eigenvalue weighted by molar-refractivity contribution is 7.89. The molecule has 23 heavy (non-hydrogen) atoms. The molecule has 0 spiro atoms. The van der Waals surface area contributed by atoms with E-state index in [2.05, 4.69) is 10.5 Å². The van der Waals surface area contributed by atoms with Gasteiger partial charge in [0.15, 0.2) is 6.61 Å². The van der Waals surface area contributed by atoms with Crippen LogP contribution in [0, 0.1) is 6.92 Å². The molecule has 2 rings (SSSR count). The maximum Gasteiger partial charge on any atom is 0.377 e. The molecule has 1 heterocycles. The third-order valence-electron chi connectivity index (χ3n) is 2.61. The predicted octanol–water partition coefficient (Wildman–Crippen LogP) is 0.426. The number of nitrogens with one attached hydrogen (secondary N) is 1. The molecule has 0 saturated carbocycles. The smallest absolute Gasteiger partial charge is 0.377 e. The molecule has 10 heteroatoms. The second-order valence-corrected chi connectivity index (χ2v) is 6.09. The summed E-state index contributed by atoms with van der Waals surface area (Å²) in [6, 6.07) is 6.73. The van der Waals surface area contributed by atoms with Gasteiger partial charge in [-0.25, -0.2) is 18.4 Å². The minimum atomic E-state index is -3.88. The van der Waals surface area contributed by atoms with Crippen LogP contribution in [0.25, 0.3) is 0 Å². The Kier molecular flexibility index (Phi) is 4.77. The number of carbonyl (C=O) groups excluding carboxylic acids is 2. The van der Waals surface area contributed by atoms with E-state index in [9.17, 15) is 18.0 Å². The number of carbonyl (C=O) groups is 2. The number of aryl methyl sites for hydroxylation is 1. The summed E-state index contributed by atoms with van der Waals surface area (Å²) in [5.41, 5.74) is 0.703. The van der Waals surface area contributed by atoms with E-state index in [0.29, 0.717) is 5.69 Å². The first-order chi connectivity index (χ1) is 10.8. The van der Waals surface area contributed by atoms with Crippen LogP contribution in [0.4, 0.5) is 5.69 Å². The van der Waals surface area contributed by atoms with Crippen LogP contribution in [0.3, 0.4) is 0 Å². The topological polar surface area (TPSA) is 142 Å². The van der Waals surface area contributed by atoms with Gasteiger partial charge in [-0.15, -0.1) is 0 Å². The number of hydrogen-bond donors (Lipinski definition) is 2. The van der Waals surface area contributed by atoms with Gasteiger partial charge >= 0.3 is 5.97 Å². The van der Waals surface area contributed by atoms with Gasteiger partial charge in [-0.2, -0.15) is 0 Å². The molecule has 0 saturated heterocycles. The van der Waals surface area contributed by atoms with Crippen LogP contribution in [-0.4, -0.2) is 32.1 Å². The van der Waals surface area contributed by atoms with Crippen molar-refractivity contribution in [2.75, 3.05) is 11.9 Å². The first-order valence-electron chi connectivity index (χ1n) is 6.29. The first kappa shape index (κ1) is 16.6. The maximum absolute atomic E-state index is 11.7. The quantitative estimate of drug-likeness (QED) is 0.752. The highest BCUT2D eigenvalue weighted by Gasteiger charge is 2.15. The molecule has 0 bridgehead atoms. The lowest BCUT2D eigenvalue weighted by molar-refractivity contribution is -0.119. The average Bonchev–Trinajstić information content (AvgIpc) is 2.91. The van der Waals surface area contributed by atoms with Crippen molar-refractivity contribution in [3.63, 3.8) is 0 Å². The van der Waals surface area contributed by atoms with Crippen LogP contribution in [0.2, 0.25) is 0 Å². The summed E-state index contributed by atoms with van der Waals surface area (Å²) in [6.45, 7) is 1.06. The summed E-state index contributed by atoms with van der Waals surface area (Å²) >= 11 is 0. The van der Waals surface area contributed by atoms with Crippen molar-refractivity contribution in [1.29, 1.82) is 0 Å². The van der Waals surface area contributed by atoms with Crippen molar-refractivity contribution < 1.29 is 27.3 Å². The van der Waals surface area contributed by atoms with E-state index in [1.807, 2.05) is 0 Å². The molecule has 122 valence electrons. The summed E-state index contributed by atoms with van der Waals surface area (Å²) in [7, 11) is -3.88. The van der Waals surface area contributed by atoms with E-state index in [-0.39, 0.29) is 16.3 Å². The third kappa shape index (κ3) is 4.63. The van der Waals surface area contributed by atoms with E-state index in [0.717, 1.165) is 0 Å². The Labute approximate surface area is 131 Å². The number of primary sulfonamides is 1. The molecule has 0 atom stereocenters. The predicted molar refractivity (Wildman–Crippen MR) is 78.0 cm³/mol. The van der Waals surface area contributed by atoms with Gasteiger partial charge in [0.05, 0.1) is 10.6 Å². The Morgan fingerprint density at radius 3 is 2.70 bits per heavy atom. The van der Waals surface area contributed by atoms with Crippen molar-refractivity contribution >= 4 is 27.6 Å². The molecular formula is C13H13N3O6S. The van der Waals surface area contributed by atoms with Gasteiger partial charge in [0.25, 0.3) is 5.91 Å². The largest absolute Gasteiger partial charge is 0.450 e. The fourth-order valence-corrected chi connectivity index (χ4v) is 2.17. The first-order valence-corrected chi connectivity index (χ1v) is 7.83. The molecule has 0 fully saturated rings. The van der Waals surface area contributed by atoms with E-state index in [1.54, 1.807) is 6.92 Å². The van der Waals surface area contributed by atoms with Crippen LogP contribution in [0.1, 0.15) is 16.2 Å². The van der Waals surface area contributed by atoms with Gasteiger partial charge in [-0.3, -0.25) is 4.79 Å². The Hall–Kier alpha value is -2.72. The van der Waals surface area contributed by atoms with Crippen LogP contribution in [-0.2, 0) is 19.6 Å². The molecule has 9 nitrogen and oxygen atoms in total. The SMILES string of the molecule is Cc1cc(C(=O)OCC(=O)Nc2cccc(S(N)(=O)=O)c2)on1. The Morgan fingerprint density at radius 2 is 2.09 bits per heavy atom. The lowest BCUT2D eigenvalue weighted by Crippen LogP contribution is -2.21. The van der Waals surface area contributed by atoms with Gasteiger partial charge in [0, 0.05) is 11.8 Å². The third-order valence-corrected chi connectivity index (χ3v) is 3.52. The second-order valence-electron chi connectivity index (χ2n) is 4.53. The highest BCUT2D eigenvalue weighted by Crippen LogP contribution is 2.14. The number of amides is 1. The van der Waals surface area contributed by atoms with Gasteiger partial charge in [-0.1, -0.05) is 11.2 Å². The number of sulfonamides is 1. The molecule has 2 aromatic rings. The number of hydrogen-bond acceptors (Lipinski definition) is 7. The molecule has 1 aromatic heterocycles. The van der Waals surface area contributed by atoms with Crippen molar-refractivity contribution in [2.24, 2.45) is 5.14 Å². The number of ether oxygens (including phenoxy) is 1. The van der Waals surface area contributed by atoms with Crippen LogP contribution < -0.4 is 10.5 Å². The van der Waals surface area contributed by atoms with Crippen molar-refractivity contribution in [2.45, 2.75) is 11.8 Å². The van der Waals surface area contributed by atoms with E-state index in [1.165, 1.54) is 30.3 Å². The van der Waals surface area contributed by atoms with E-state index >= 15 is 0 Å². The molecule has 3 N–H and O–H groups in total. The van der Waals surface area contributed by atoms with Crippen LogP contribution in [0.15, 0.2) is 39.8 Å². The lowest BCUT2D eigenvalue weighted by atomic mass is 10.3. The number of rotatable bonds is 5. The number of anilines is 1. The maximum atomic E-state index is 11.7. The number of nitrogens with two attached hydrogens (primary N) is 1. The molecule has 0 unspecified atom stereocenters. The number of benzene rings is 1. The summed E-state index contributed by atoms with van der Waals surface area (Å²) < 4.78 is 31.9. The fraction of sp³-hybridized carbons (Fsp3) is 0.154. The fourth-order valence-electron chi connectivity index (χ4n) is 1.61. The standard InChI is InChI=1S/C13H13N3O6S/c1-8-5-11(22-16-8)13(18)21-7-12(17)15-9-3-2-4-10(6-9)23(14,19)20/h2-6H,7H2,1H3,(H,15,17)(H2,14,19,20). The molecular weight excluding hydrogens is 326 g/mol. The monoisotopic (exact) mass is 339 g/mol. The Bertz CT molecular complexity index is 843. The van der Waals surface area contributed by atoms with Gasteiger partial charge in [-0.05, 0) is 25.1 Å². The van der Waals surface area contributed by atoms with Gasteiger partial charge in [0.2, 0.25) is 15.8 Å². The molecule has 1 amide bonds. The highest BCUT2D eigenvalue weighted by atomic mass is 32.2. The van der Waals surface area contributed by atoms with E-state index in [4.69, 9.17) is 14.4 Å². The molecule has 0 aliphatic heterocycles.